The monoisotopic (exact) mass is 320 g/mol. The number of carbonyl (C=O) groups is 1. The molecule has 0 aliphatic heterocycles. The molecule has 5 nitrogen and oxygen atoms in total. The second-order valence-electron chi connectivity index (χ2n) is 5.81. The van der Waals surface area contributed by atoms with E-state index in [1.807, 2.05) is 6.92 Å². The fourth-order valence-corrected chi connectivity index (χ4v) is 2.27. The van der Waals surface area contributed by atoms with E-state index in [4.69, 9.17) is 4.42 Å². The lowest BCUT2D eigenvalue weighted by molar-refractivity contribution is 0.0366. The van der Waals surface area contributed by atoms with Crippen LogP contribution in [0.15, 0.2) is 47.1 Å². The number of rotatable bonds is 6. The summed E-state index contributed by atoms with van der Waals surface area (Å²) in [4.78, 5) is 11.9. The summed E-state index contributed by atoms with van der Waals surface area (Å²) in [7, 11) is 0. The molecule has 0 spiro atoms. The molecule has 0 aliphatic rings. The van der Waals surface area contributed by atoms with Crippen LogP contribution in [0.5, 0.6) is 0 Å². The maximum Gasteiger partial charge on any atom is 0.315 e. The average Bonchev–Trinajstić information content (AvgIpc) is 3.00. The van der Waals surface area contributed by atoms with E-state index in [-0.39, 0.29) is 18.4 Å². The van der Waals surface area contributed by atoms with Gasteiger partial charge in [0.05, 0.1) is 12.8 Å². The van der Waals surface area contributed by atoms with Gasteiger partial charge in [-0.2, -0.15) is 0 Å². The Hall–Kier alpha value is -2.34. The smallest absolute Gasteiger partial charge is 0.315 e. The predicted octanol–water partition coefficient (Wildman–Crippen LogP) is 2.56. The van der Waals surface area contributed by atoms with Crippen LogP contribution < -0.4 is 10.6 Å². The van der Waals surface area contributed by atoms with Crippen molar-refractivity contribution in [3.63, 3.8) is 0 Å². The molecule has 1 aromatic heterocycles. The molecule has 3 N–H and O–H groups in total. The summed E-state index contributed by atoms with van der Waals surface area (Å²) in [5, 5.41) is 15.6. The van der Waals surface area contributed by atoms with Crippen molar-refractivity contribution < 1.29 is 18.7 Å². The largest absolute Gasteiger partial charge is 0.466 e. The van der Waals surface area contributed by atoms with Gasteiger partial charge in [-0.15, -0.1) is 0 Å². The first-order chi connectivity index (χ1) is 10.9. The van der Waals surface area contributed by atoms with Crippen molar-refractivity contribution in [1.29, 1.82) is 0 Å². The maximum atomic E-state index is 13.1. The molecule has 0 saturated heterocycles. The first-order valence-electron chi connectivity index (χ1n) is 7.42. The van der Waals surface area contributed by atoms with Crippen LogP contribution in [0.25, 0.3) is 0 Å². The number of nitrogens with one attached hydrogen (secondary N) is 2. The lowest BCUT2D eigenvalue weighted by Crippen LogP contribution is -2.46. The summed E-state index contributed by atoms with van der Waals surface area (Å²) in [6.45, 7) is 3.40. The second kappa shape index (κ2) is 7.28. The average molecular weight is 320 g/mol. The minimum Gasteiger partial charge on any atom is -0.466 e. The quantitative estimate of drug-likeness (QED) is 0.766. The number of hydrogen-bond acceptors (Lipinski definition) is 3. The molecule has 1 aromatic carbocycles. The van der Waals surface area contributed by atoms with E-state index in [0.717, 1.165) is 5.56 Å². The zero-order valence-corrected chi connectivity index (χ0v) is 13.2. The highest BCUT2D eigenvalue weighted by Crippen LogP contribution is 2.19. The van der Waals surface area contributed by atoms with Gasteiger partial charge in [0.25, 0.3) is 0 Å². The van der Waals surface area contributed by atoms with Crippen molar-refractivity contribution in [2.24, 2.45) is 0 Å². The minimum atomic E-state index is -1.29. The van der Waals surface area contributed by atoms with Gasteiger partial charge >= 0.3 is 6.03 Å². The van der Waals surface area contributed by atoms with Crippen molar-refractivity contribution in [3.8, 4) is 0 Å². The van der Waals surface area contributed by atoms with Crippen LogP contribution in [0.1, 0.15) is 25.2 Å². The van der Waals surface area contributed by atoms with Crippen molar-refractivity contribution in [1.82, 2.24) is 10.6 Å². The summed E-state index contributed by atoms with van der Waals surface area (Å²) >= 11 is 0. The fraction of sp³-hybridized carbons (Fsp3) is 0.353. The Bertz CT molecular complexity index is 641. The Morgan fingerprint density at radius 3 is 2.83 bits per heavy atom. The van der Waals surface area contributed by atoms with E-state index in [1.54, 1.807) is 31.2 Å². The molecule has 0 saturated carbocycles. The second-order valence-corrected chi connectivity index (χ2v) is 5.81. The number of urea groups is 1. The summed E-state index contributed by atoms with van der Waals surface area (Å²) in [6, 6.07) is 9.00. The number of furan rings is 1. The van der Waals surface area contributed by atoms with Gasteiger partial charge in [0.1, 0.15) is 17.2 Å². The molecule has 2 amide bonds. The lowest BCUT2D eigenvalue weighted by Gasteiger charge is -2.22. The van der Waals surface area contributed by atoms with E-state index in [1.165, 1.54) is 18.4 Å². The van der Waals surface area contributed by atoms with Gasteiger partial charge in [-0.25, -0.2) is 9.18 Å². The summed E-state index contributed by atoms with van der Waals surface area (Å²) in [6.07, 6.45) is 1.98. The molecular formula is C17H21FN2O3. The van der Waals surface area contributed by atoms with E-state index < -0.39 is 11.6 Å². The van der Waals surface area contributed by atoms with Crippen LogP contribution >= 0.6 is 0 Å². The van der Waals surface area contributed by atoms with Crippen LogP contribution in [0.2, 0.25) is 0 Å². The first kappa shape index (κ1) is 17.0. The Morgan fingerprint density at radius 2 is 2.17 bits per heavy atom. The molecule has 0 unspecified atom stereocenters. The third-order valence-electron chi connectivity index (χ3n) is 3.45. The zero-order valence-electron chi connectivity index (χ0n) is 13.2. The van der Waals surface area contributed by atoms with Crippen LogP contribution in [-0.4, -0.2) is 23.7 Å². The third kappa shape index (κ3) is 5.10. The predicted molar refractivity (Wildman–Crippen MR) is 84.4 cm³/mol. The normalized spacial score (nSPS) is 14.8. The van der Waals surface area contributed by atoms with Crippen molar-refractivity contribution in [2.45, 2.75) is 31.9 Å². The van der Waals surface area contributed by atoms with Gasteiger partial charge in [-0.1, -0.05) is 12.1 Å². The van der Waals surface area contributed by atoms with Gasteiger partial charge < -0.3 is 20.2 Å². The zero-order chi connectivity index (χ0) is 16.9. The van der Waals surface area contributed by atoms with Crippen molar-refractivity contribution in [2.75, 3.05) is 6.54 Å². The number of benzene rings is 1. The summed E-state index contributed by atoms with van der Waals surface area (Å²) in [5.74, 6) is 0.0826. The molecule has 6 heteroatoms. The standard InChI is InChI=1S/C17H21FN2O3/c1-12(9-13-5-3-6-14(18)10-13)20-16(21)19-11-17(2,22)15-7-4-8-23-15/h3-8,10,12,22H,9,11H2,1-2H3,(H2,19,20,21)/t12-,17+/m1/s1. The highest BCUT2D eigenvalue weighted by Gasteiger charge is 2.26. The molecule has 2 atom stereocenters. The van der Waals surface area contributed by atoms with Crippen molar-refractivity contribution >= 4 is 6.03 Å². The fourth-order valence-electron chi connectivity index (χ4n) is 2.27. The Morgan fingerprint density at radius 1 is 1.39 bits per heavy atom. The summed E-state index contributed by atoms with van der Waals surface area (Å²) < 4.78 is 18.3. The maximum absolute atomic E-state index is 13.1. The molecule has 0 fully saturated rings. The number of hydrogen-bond donors (Lipinski definition) is 3. The van der Waals surface area contributed by atoms with E-state index in [2.05, 4.69) is 10.6 Å². The number of halogens is 1. The number of amides is 2. The molecule has 0 radical (unpaired) electrons. The van der Waals surface area contributed by atoms with Gasteiger partial charge in [0.2, 0.25) is 0 Å². The Balaban J connectivity index is 1.80. The molecule has 0 bridgehead atoms. The van der Waals surface area contributed by atoms with Crippen LogP contribution in [0.3, 0.4) is 0 Å². The van der Waals surface area contributed by atoms with E-state index in [9.17, 15) is 14.3 Å². The van der Waals surface area contributed by atoms with E-state index in [0.29, 0.717) is 12.2 Å². The van der Waals surface area contributed by atoms with Crippen LogP contribution in [0, 0.1) is 5.82 Å². The lowest BCUT2D eigenvalue weighted by atomic mass is 10.0. The molecule has 0 aliphatic carbocycles. The SMILES string of the molecule is C[C@H](Cc1cccc(F)c1)NC(=O)NC[C@](C)(O)c1ccco1. The minimum absolute atomic E-state index is 0.0129. The van der Waals surface area contributed by atoms with Crippen LogP contribution in [0.4, 0.5) is 9.18 Å². The Kier molecular flexibility index (Phi) is 5.39. The van der Waals surface area contributed by atoms with E-state index >= 15 is 0 Å². The van der Waals surface area contributed by atoms with Gasteiger partial charge in [-0.3, -0.25) is 0 Å². The van der Waals surface area contributed by atoms with Crippen LogP contribution in [-0.2, 0) is 12.0 Å². The molecule has 23 heavy (non-hydrogen) atoms. The van der Waals surface area contributed by atoms with Gasteiger partial charge in [0.15, 0.2) is 0 Å². The molecular weight excluding hydrogens is 299 g/mol. The molecule has 1 heterocycles. The molecule has 124 valence electrons. The number of carbonyl (C=O) groups excluding carboxylic acids is 1. The Labute approximate surface area is 134 Å². The van der Waals surface area contributed by atoms with Crippen molar-refractivity contribution in [3.05, 3.63) is 59.8 Å². The first-order valence-corrected chi connectivity index (χ1v) is 7.42. The third-order valence-corrected chi connectivity index (χ3v) is 3.45. The summed E-state index contributed by atoms with van der Waals surface area (Å²) in [5.41, 5.74) is -0.479. The van der Waals surface area contributed by atoms with Gasteiger partial charge in [0, 0.05) is 6.04 Å². The number of aliphatic hydroxyl groups is 1. The molecule has 2 rings (SSSR count). The highest BCUT2D eigenvalue weighted by molar-refractivity contribution is 5.74. The van der Waals surface area contributed by atoms with Gasteiger partial charge in [-0.05, 0) is 50.1 Å². The highest BCUT2D eigenvalue weighted by atomic mass is 19.1. The topological polar surface area (TPSA) is 74.5 Å². The molecule has 2 aromatic rings.